The first-order valence-electron chi connectivity index (χ1n) is 5.51. The Morgan fingerprint density at radius 3 is 2.90 bits per heavy atom. The van der Waals surface area contributed by atoms with Crippen LogP contribution in [-0.4, -0.2) is 49.3 Å². The van der Waals surface area contributed by atoms with Crippen LogP contribution in [0.5, 0.6) is 0 Å². The minimum atomic E-state index is -1.72. The number of nitrogens with two attached hydrogens (primary N) is 2. The molecular weight excluding hydrogens is 290 g/mol. The number of aromatic nitrogens is 3. The van der Waals surface area contributed by atoms with Crippen LogP contribution in [0, 0.1) is 11.3 Å². The third-order valence-corrected chi connectivity index (χ3v) is 3.05. The number of rotatable bonds is 2. The second-order valence-electron chi connectivity index (χ2n) is 4.22. The van der Waals surface area contributed by atoms with E-state index in [-0.39, 0.29) is 5.82 Å². The monoisotopic (exact) mass is 301 g/mol. The molecule has 1 aromatic rings. The van der Waals surface area contributed by atoms with Crippen molar-refractivity contribution in [3.05, 3.63) is 16.7 Å². The van der Waals surface area contributed by atoms with E-state index in [9.17, 15) is 9.90 Å². The van der Waals surface area contributed by atoms with Gasteiger partial charge in [-0.2, -0.15) is 14.8 Å². The van der Waals surface area contributed by atoms with Gasteiger partial charge in [0.05, 0.1) is 12.8 Å². The molecule has 1 unspecified atom stereocenters. The van der Waals surface area contributed by atoms with Crippen molar-refractivity contribution in [2.24, 2.45) is 5.73 Å². The molecule has 6 N–H and O–H groups in total. The second-order valence-corrected chi connectivity index (χ2v) is 4.40. The number of aliphatic hydroxyl groups excluding tert-OH is 2. The maximum Gasteiger partial charge on any atom is 0.368 e. The molecule has 108 valence electrons. The average molecular weight is 302 g/mol. The molecule has 0 radical (unpaired) electrons. The number of ether oxygens (including phenoxy) is 1. The van der Waals surface area contributed by atoms with E-state index in [0.29, 0.717) is 0 Å². The molecule has 1 aliphatic rings. The van der Waals surface area contributed by atoms with Crippen LogP contribution in [0.25, 0.3) is 0 Å². The number of aliphatic hydroxyl groups is 2. The fraction of sp³-hybridized carbons (Fsp3) is 0.500. The minimum Gasteiger partial charge on any atom is -0.394 e. The number of nitrogens with zero attached hydrogens (tertiary/aromatic N) is 3. The van der Waals surface area contributed by atoms with Crippen LogP contribution in [-0.2, 0) is 4.74 Å². The molecular formula is C10H12ClN5O4. The standard InChI is InChI=1S/C10H12ClN5O4/c11-2-1-10(13)7(18)5(4-17)20-8(10)16-9(19)15-6(12)3-14-16/h3,5,7-8,17-18H,4,13H2,(H2,12,15,19)/t5-,7+,8-,10?/m1/s1. The fourth-order valence-electron chi connectivity index (χ4n) is 1.95. The molecule has 9 nitrogen and oxygen atoms in total. The summed E-state index contributed by atoms with van der Waals surface area (Å²) >= 11 is 5.33. The largest absolute Gasteiger partial charge is 0.394 e. The van der Waals surface area contributed by atoms with Crippen LogP contribution >= 0.6 is 11.6 Å². The van der Waals surface area contributed by atoms with Crippen molar-refractivity contribution in [2.75, 3.05) is 12.3 Å². The molecule has 1 aliphatic heterocycles. The summed E-state index contributed by atoms with van der Waals surface area (Å²) in [5.74, 6) is 2.30. The number of hydrogen-bond donors (Lipinski definition) is 4. The summed E-state index contributed by atoms with van der Waals surface area (Å²) in [5, 5.41) is 25.0. The predicted octanol–water partition coefficient (Wildman–Crippen LogP) is -2.63. The van der Waals surface area contributed by atoms with Gasteiger partial charge in [-0.05, 0) is 11.6 Å². The zero-order chi connectivity index (χ0) is 14.9. The van der Waals surface area contributed by atoms with Crippen molar-refractivity contribution in [3.63, 3.8) is 0 Å². The highest BCUT2D eigenvalue weighted by Gasteiger charge is 2.55. The maximum atomic E-state index is 11.8. The van der Waals surface area contributed by atoms with Crippen molar-refractivity contribution in [1.29, 1.82) is 0 Å². The van der Waals surface area contributed by atoms with Gasteiger partial charge in [-0.15, -0.1) is 0 Å². The van der Waals surface area contributed by atoms with Gasteiger partial charge >= 0.3 is 5.69 Å². The van der Waals surface area contributed by atoms with E-state index in [1.807, 2.05) is 5.38 Å². The summed E-state index contributed by atoms with van der Waals surface area (Å²) in [6, 6.07) is 0. The first-order chi connectivity index (χ1) is 9.43. The quantitative estimate of drug-likeness (QED) is 0.433. The lowest BCUT2D eigenvalue weighted by Gasteiger charge is -2.26. The van der Waals surface area contributed by atoms with Gasteiger partial charge in [0.2, 0.25) is 0 Å². The van der Waals surface area contributed by atoms with Gasteiger partial charge in [0.15, 0.2) is 11.8 Å². The summed E-state index contributed by atoms with van der Waals surface area (Å²) in [6.45, 7) is -0.516. The molecule has 2 rings (SSSR count). The molecule has 0 amide bonds. The molecule has 0 aliphatic carbocycles. The molecule has 20 heavy (non-hydrogen) atoms. The molecule has 0 bridgehead atoms. The first kappa shape index (κ1) is 14.7. The molecule has 1 aromatic heterocycles. The molecule has 2 heterocycles. The highest BCUT2D eigenvalue weighted by atomic mass is 35.5. The van der Waals surface area contributed by atoms with Crippen LogP contribution in [0.15, 0.2) is 11.0 Å². The Morgan fingerprint density at radius 2 is 2.35 bits per heavy atom. The second kappa shape index (κ2) is 5.35. The Hall–Kier alpha value is -1.70. The topological polar surface area (TPSA) is 150 Å². The Morgan fingerprint density at radius 1 is 1.65 bits per heavy atom. The Kier molecular flexibility index (Phi) is 3.94. The lowest BCUT2D eigenvalue weighted by molar-refractivity contribution is -0.0528. The summed E-state index contributed by atoms with van der Waals surface area (Å²) in [7, 11) is 0. The SMILES string of the molecule is Nc1cnn([C@@H]2O[C@H](CO)[C@H](O)C2(N)C#CCl)c(=O)n1. The first-order valence-corrected chi connectivity index (χ1v) is 5.89. The number of anilines is 1. The van der Waals surface area contributed by atoms with Crippen molar-refractivity contribution < 1.29 is 14.9 Å². The van der Waals surface area contributed by atoms with E-state index in [1.165, 1.54) is 0 Å². The van der Waals surface area contributed by atoms with Gasteiger partial charge in [0.1, 0.15) is 18.0 Å². The van der Waals surface area contributed by atoms with Crippen molar-refractivity contribution in [1.82, 2.24) is 14.8 Å². The molecule has 4 atom stereocenters. The zero-order valence-electron chi connectivity index (χ0n) is 10.1. The van der Waals surface area contributed by atoms with Crippen LogP contribution in [0.2, 0.25) is 0 Å². The van der Waals surface area contributed by atoms with E-state index in [1.54, 1.807) is 0 Å². The van der Waals surface area contributed by atoms with Crippen molar-refractivity contribution in [3.8, 4) is 11.3 Å². The summed E-state index contributed by atoms with van der Waals surface area (Å²) in [6.07, 6.45) is -2.54. The van der Waals surface area contributed by atoms with Gasteiger partial charge in [-0.3, -0.25) is 0 Å². The molecule has 0 spiro atoms. The van der Waals surface area contributed by atoms with Gasteiger partial charge in [-0.1, -0.05) is 5.92 Å². The Labute approximate surface area is 118 Å². The van der Waals surface area contributed by atoms with E-state index in [4.69, 9.17) is 32.9 Å². The van der Waals surface area contributed by atoms with Gasteiger partial charge < -0.3 is 26.4 Å². The Balaban J connectivity index is 2.52. The van der Waals surface area contributed by atoms with E-state index >= 15 is 0 Å². The normalized spacial score (nSPS) is 32.7. The van der Waals surface area contributed by atoms with E-state index in [2.05, 4.69) is 16.0 Å². The number of hydrogen-bond acceptors (Lipinski definition) is 8. The van der Waals surface area contributed by atoms with Crippen LogP contribution in [0.3, 0.4) is 0 Å². The smallest absolute Gasteiger partial charge is 0.368 e. The fourth-order valence-corrected chi connectivity index (χ4v) is 2.11. The lowest BCUT2D eigenvalue weighted by Crippen LogP contribution is -2.55. The lowest BCUT2D eigenvalue weighted by atomic mass is 9.92. The average Bonchev–Trinajstić information content (AvgIpc) is 2.63. The van der Waals surface area contributed by atoms with Crippen molar-refractivity contribution >= 4 is 17.4 Å². The van der Waals surface area contributed by atoms with Gasteiger partial charge in [0.25, 0.3) is 0 Å². The van der Waals surface area contributed by atoms with Gasteiger partial charge in [0, 0.05) is 5.38 Å². The molecule has 0 saturated carbocycles. The van der Waals surface area contributed by atoms with Crippen LogP contribution in [0.1, 0.15) is 6.23 Å². The molecule has 10 heteroatoms. The predicted molar refractivity (Wildman–Crippen MR) is 68.3 cm³/mol. The minimum absolute atomic E-state index is 0.0745. The Bertz CT molecular complexity index is 626. The van der Waals surface area contributed by atoms with Crippen LogP contribution in [0.4, 0.5) is 5.82 Å². The highest BCUT2D eigenvalue weighted by Crippen LogP contribution is 2.35. The third-order valence-electron chi connectivity index (χ3n) is 2.95. The van der Waals surface area contributed by atoms with E-state index in [0.717, 1.165) is 10.9 Å². The zero-order valence-corrected chi connectivity index (χ0v) is 10.9. The third kappa shape index (κ3) is 2.24. The van der Waals surface area contributed by atoms with Gasteiger partial charge in [-0.25, -0.2) is 4.79 Å². The van der Waals surface area contributed by atoms with E-state index < -0.39 is 36.3 Å². The molecule has 1 fully saturated rings. The van der Waals surface area contributed by atoms with Crippen LogP contribution < -0.4 is 17.2 Å². The van der Waals surface area contributed by atoms with Crippen molar-refractivity contribution in [2.45, 2.75) is 24.0 Å². The maximum absolute atomic E-state index is 11.8. The molecule has 0 aromatic carbocycles. The highest BCUT2D eigenvalue weighted by molar-refractivity contribution is 6.30. The number of nitrogen functional groups attached to an aromatic ring is 1. The molecule has 1 saturated heterocycles. The number of halogens is 1. The summed E-state index contributed by atoms with van der Waals surface area (Å²) in [5.41, 5.74) is 8.75. The summed E-state index contributed by atoms with van der Waals surface area (Å²) < 4.78 is 6.12. The summed E-state index contributed by atoms with van der Waals surface area (Å²) in [4.78, 5) is 15.3.